The number of benzene rings is 1. The number of amides is 1. The Hall–Kier alpha value is -2.11. The van der Waals surface area contributed by atoms with Crippen LogP contribution in [0, 0.1) is 6.92 Å². The van der Waals surface area contributed by atoms with Crippen molar-refractivity contribution in [3.63, 3.8) is 0 Å². The minimum atomic E-state index is -3.66. The smallest absolute Gasteiger partial charge is 0.257 e. The Morgan fingerprint density at radius 1 is 1.21 bits per heavy atom. The third kappa shape index (κ3) is 4.41. The fourth-order valence-corrected chi connectivity index (χ4v) is 5.98. The number of hydrogen-bond donors (Lipinski definition) is 1. The molecule has 7 nitrogen and oxygen atoms in total. The van der Waals surface area contributed by atoms with E-state index in [0.29, 0.717) is 31.4 Å². The van der Waals surface area contributed by atoms with Gasteiger partial charge in [-0.2, -0.15) is 4.31 Å². The zero-order valence-corrected chi connectivity index (χ0v) is 18.1. The fraction of sp³-hybridized carbons (Fsp3) is 0.263. The Bertz CT molecular complexity index is 1130. The molecule has 1 N–H and O–H groups in total. The van der Waals surface area contributed by atoms with Crippen LogP contribution >= 0.6 is 22.7 Å². The summed E-state index contributed by atoms with van der Waals surface area (Å²) >= 11 is 2.97. The first-order chi connectivity index (χ1) is 13.9. The zero-order chi connectivity index (χ0) is 20.4. The van der Waals surface area contributed by atoms with Gasteiger partial charge in [0, 0.05) is 28.9 Å². The van der Waals surface area contributed by atoms with E-state index in [1.165, 1.54) is 32.7 Å². The van der Waals surface area contributed by atoms with Crippen molar-refractivity contribution in [3.05, 3.63) is 52.2 Å². The maximum Gasteiger partial charge on any atom is 0.257 e. The van der Waals surface area contributed by atoms with E-state index in [1.54, 1.807) is 23.5 Å². The van der Waals surface area contributed by atoms with Crippen molar-refractivity contribution in [3.8, 4) is 10.6 Å². The predicted octanol–water partition coefficient (Wildman–Crippen LogP) is 3.45. The molecular formula is C19H19N3O4S3. The van der Waals surface area contributed by atoms with E-state index >= 15 is 0 Å². The van der Waals surface area contributed by atoms with E-state index in [2.05, 4.69) is 10.3 Å². The first-order valence-electron chi connectivity index (χ1n) is 8.95. The van der Waals surface area contributed by atoms with Crippen LogP contribution in [0.4, 0.5) is 5.13 Å². The van der Waals surface area contributed by atoms with Crippen molar-refractivity contribution in [1.29, 1.82) is 0 Å². The largest absolute Gasteiger partial charge is 0.379 e. The van der Waals surface area contributed by atoms with Crippen molar-refractivity contribution < 1.29 is 17.9 Å². The van der Waals surface area contributed by atoms with Crippen LogP contribution in [0.25, 0.3) is 10.6 Å². The molecule has 1 fully saturated rings. The number of anilines is 1. The minimum absolute atomic E-state index is 0.0981. The Morgan fingerprint density at radius 3 is 2.72 bits per heavy atom. The van der Waals surface area contributed by atoms with Gasteiger partial charge in [-0.3, -0.25) is 10.1 Å². The van der Waals surface area contributed by atoms with Crippen LogP contribution in [0.2, 0.25) is 0 Å². The predicted molar refractivity (Wildman–Crippen MR) is 114 cm³/mol. The molecule has 152 valence electrons. The average molecular weight is 450 g/mol. The van der Waals surface area contributed by atoms with E-state index in [0.717, 1.165) is 10.6 Å². The number of sulfonamides is 1. The molecule has 0 spiro atoms. The third-order valence-corrected chi connectivity index (χ3v) is 8.10. The summed E-state index contributed by atoms with van der Waals surface area (Å²) in [7, 11) is -3.66. The molecule has 29 heavy (non-hydrogen) atoms. The van der Waals surface area contributed by atoms with E-state index in [-0.39, 0.29) is 10.5 Å². The van der Waals surface area contributed by atoms with Crippen molar-refractivity contribution >= 4 is 43.7 Å². The molecule has 1 aliphatic rings. The van der Waals surface area contributed by atoms with Gasteiger partial charge >= 0.3 is 0 Å². The summed E-state index contributed by atoms with van der Waals surface area (Å²) in [5.41, 5.74) is 1.08. The van der Waals surface area contributed by atoms with Gasteiger partial charge in [-0.1, -0.05) is 6.07 Å². The molecule has 1 aromatic carbocycles. The second-order valence-electron chi connectivity index (χ2n) is 6.45. The molecule has 4 rings (SSSR count). The van der Waals surface area contributed by atoms with Gasteiger partial charge in [0.2, 0.25) is 10.0 Å². The lowest BCUT2D eigenvalue weighted by Crippen LogP contribution is -2.40. The number of thiophene rings is 1. The van der Waals surface area contributed by atoms with Crippen molar-refractivity contribution in [2.75, 3.05) is 31.6 Å². The van der Waals surface area contributed by atoms with Crippen LogP contribution in [0.1, 0.15) is 15.2 Å². The standard InChI is InChI=1S/C19H19N3O4S3/c1-13-5-6-17(28-13)16-12-27-19(20-16)21-18(23)14-3-2-4-15(11-14)29(24,25)22-7-9-26-10-8-22/h2-6,11-12H,7-10H2,1H3,(H,20,21,23). The van der Waals surface area contributed by atoms with E-state index in [9.17, 15) is 13.2 Å². The zero-order valence-electron chi connectivity index (χ0n) is 15.6. The first kappa shape index (κ1) is 20.2. The topological polar surface area (TPSA) is 88.6 Å². The van der Waals surface area contributed by atoms with E-state index in [1.807, 2.05) is 24.4 Å². The number of morpholine rings is 1. The Balaban J connectivity index is 1.51. The highest BCUT2D eigenvalue weighted by Crippen LogP contribution is 2.30. The Kier molecular flexibility index (Phi) is 5.79. The summed E-state index contributed by atoms with van der Waals surface area (Å²) < 4.78 is 32.2. The number of rotatable bonds is 5. The number of nitrogens with one attached hydrogen (secondary N) is 1. The molecule has 0 saturated carbocycles. The van der Waals surface area contributed by atoms with Gasteiger partial charge in [0.15, 0.2) is 5.13 Å². The summed E-state index contributed by atoms with van der Waals surface area (Å²) in [6.45, 7) is 3.39. The third-order valence-electron chi connectivity index (χ3n) is 4.42. The molecule has 0 unspecified atom stereocenters. The quantitative estimate of drug-likeness (QED) is 0.644. The normalized spacial score (nSPS) is 15.3. The van der Waals surface area contributed by atoms with Crippen LogP contribution in [0.3, 0.4) is 0 Å². The number of ether oxygens (including phenoxy) is 1. The highest BCUT2D eigenvalue weighted by Gasteiger charge is 2.27. The van der Waals surface area contributed by atoms with Gasteiger partial charge in [-0.25, -0.2) is 13.4 Å². The number of nitrogens with zero attached hydrogens (tertiary/aromatic N) is 2. The van der Waals surface area contributed by atoms with Crippen LogP contribution in [-0.4, -0.2) is 49.9 Å². The Morgan fingerprint density at radius 2 is 2.00 bits per heavy atom. The molecule has 3 aromatic rings. The van der Waals surface area contributed by atoms with Crippen LogP contribution in [0.15, 0.2) is 46.7 Å². The number of carbonyl (C=O) groups is 1. The molecule has 1 amide bonds. The molecule has 0 radical (unpaired) electrons. The van der Waals surface area contributed by atoms with Crippen molar-refractivity contribution in [2.45, 2.75) is 11.8 Å². The van der Waals surface area contributed by atoms with Gasteiger partial charge in [0.05, 0.1) is 28.7 Å². The van der Waals surface area contributed by atoms with Gasteiger partial charge in [-0.15, -0.1) is 22.7 Å². The van der Waals surface area contributed by atoms with E-state index < -0.39 is 15.9 Å². The minimum Gasteiger partial charge on any atom is -0.379 e. The average Bonchev–Trinajstić information content (AvgIpc) is 3.37. The maximum atomic E-state index is 12.8. The molecule has 1 saturated heterocycles. The number of aryl methyl sites for hydroxylation is 1. The van der Waals surface area contributed by atoms with Gasteiger partial charge in [0.1, 0.15) is 0 Å². The molecule has 10 heteroatoms. The van der Waals surface area contributed by atoms with Gasteiger partial charge in [-0.05, 0) is 37.3 Å². The van der Waals surface area contributed by atoms with Crippen molar-refractivity contribution in [2.24, 2.45) is 0 Å². The van der Waals surface area contributed by atoms with E-state index in [4.69, 9.17) is 4.74 Å². The molecule has 1 aliphatic heterocycles. The molecule has 0 aliphatic carbocycles. The Labute approximate surface area is 177 Å². The van der Waals surface area contributed by atoms with Crippen LogP contribution in [-0.2, 0) is 14.8 Å². The summed E-state index contributed by atoms with van der Waals surface area (Å²) in [5, 5.41) is 5.12. The lowest BCUT2D eigenvalue weighted by molar-refractivity contribution is 0.0730. The summed E-state index contributed by atoms with van der Waals surface area (Å²) in [6.07, 6.45) is 0. The molecule has 3 heterocycles. The van der Waals surface area contributed by atoms with Gasteiger partial charge in [0.25, 0.3) is 5.91 Å². The number of thiazole rings is 1. The monoisotopic (exact) mass is 449 g/mol. The SMILES string of the molecule is Cc1ccc(-c2csc(NC(=O)c3cccc(S(=O)(=O)N4CCOCC4)c3)n2)s1. The number of carbonyl (C=O) groups excluding carboxylic acids is 1. The molecule has 2 aromatic heterocycles. The lowest BCUT2D eigenvalue weighted by atomic mass is 10.2. The van der Waals surface area contributed by atoms with Gasteiger partial charge < -0.3 is 4.74 Å². The number of aromatic nitrogens is 1. The van der Waals surface area contributed by atoms with Crippen LogP contribution in [0.5, 0.6) is 0 Å². The highest BCUT2D eigenvalue weighted by molar-refractivity contribution is 7.89. The van der Waals surface area contributed by atoms with Crippen LogP contribution < -0.4 is 5.32 Å². The first-order valence-corrected chi connectivity index (χ1v) is 12.1. The summed E-state index contributed by atoms with van der Waals surface area (Å²) in [6, 6.07) is 10.1. The fourth-order valence-electron chi connectivity index (χ4n) is 2.92. The second-order valence-corrected chi connectivity index (χ2v) is 10.5. The lowest BCUT2D eigenvalue weighted by Gasteiger charge is -2.26. The highest BCUT2D eigenvalue weighted by atomic mass is 32.2. The molecular weight excluding hydrogens is 430 g/mol. The summed E-state index contributed by atoms with van der Waals surface area (Å²) in [4.78, 5) is 19.4. The maximum absolute atomic E-state index is 12.8. The second kappa shape index (κ2) is 8.33. The molecule has 0 atom stereocenters. The van der Waals surface area contributed by atoms with Crippen molar-refractivity contribution in [1.82, 2.24) is 9.29 Å². The molecule has 0 bridgehead atoms. The summed E-state index contributed by atoms with van der Waals surface area (Å²) in [5.74, 6) is -0.396. The number of hydrogen-bond acceptors (Lipinski definition) is 7.